The summed E-state index contributed by atoms with van der Waals surface area (Å²) in [6.07, 6.45) is 1.03. The first-order chi connectivity index (χ1) is 8.79. The first-order valence-corrected chi connectivity index (χ1v) is 6.22. The van der Waals surface area contributed by atoms with E-state index in [1.807, 2.05) is 12.1 Å². The quantitative estimate of drug-likeness (QED) is 0.862. The number of rotatable bonds is 5. The van der Waals surface area contributed by atoms with Crippen molar-refractivity contribution in [2.75, 3.05) is 19.0 Å². The molecular formula is C16H19NO. The van der Waals surface area contributed by atoms with Gasteiger partial charge in [0.1, 0.15) is 5.75 Å². The van der Waals surface area contributed by atoms with Crippen molar-refractivity contribution >= 4 is 5.69 Å². The Morgan fingerprint density at radius 1 is 1.06 bits per heavy atom. The number of benzene rings is 2. The van der Waals surface area contributed by atoms with Crippen LogP contribution in [0.3, 0.4) is 0 Å². The van der Waals surface area contributed by atoms with Gasteiger partial charge >= 0.3 is 0 Å². The summed E-state index contributed by atoms with van der Waals surface area (Å²) in [7, 11) is 1.70. The van der Waals surface area contributed by atoms with Gasteiger partial charge in [0, 0.05) is 12.2 Å². The Hall–Kier alpha value is -1.96. The van der Waals surface area contributed by atoms with E-state index < -0.39 is 0 Å². The number of hydrogen-bond acceptors (Lipinski definition) is 2. The van der Waals surface area contributed by atoms with Gasteiger partial charge < -0.3 is 10.1 Å². The molecule has 0 saturated heterocycles. The van der Waals surface area contributed by atoms with Crippen molar-refractivity contribution in [1.29, 1.82) is 0 Å². The van der Waals surface area contributed by atoms with E-state index in [9.17, 15) is 0 Å². The number of aryl methyl sites for hydroxylation is 1. The minimum absolute atomic E-state index is 0.934. The minimum Gasteiger partial charge on any atom is -0.496 e. The van der Waals surface area contributed by atoms with Crippen LogP contribution in [0.4, 0.5) is 5.69 Å². The van der Waals surface area contributed by atoms with Gasteiger partial charge in [0.15, 0.2) is 0 Å². The summed E-state index contributed by atoms with van der Waals surface area (Å²) < 4.78 is 5.25. The first-order valence-electron chi connectivity index (χ1n) is 6.22. The summed E-state index contributed by atoms with van der Waals surface area (Å²) >= 11 is 0. The molecule has 0 fully saturated rings. The second kappa shape index (κ2) is 6.10. The highest BCUT2D eigenvalue weighted by Crippen LogP contribution is 2.21. The standard InChI is InChI=1S/C16H19NO/c1-13-12-15(8-9-16(13)18-2)17-11-10-14-6-4-3-5-7-14/h3-9,12,17H,10-11H2,1-2H3. The lowest BCUT2D eigenvalue weighted by Crippen LogP contribution is -2.05. The molecule has 94 valence electrons. The van der Waals surface area contributed by atoms with Crippen LogP contribution in [-0.2, 0) is 6.42 Å². The van der Waals surface area contributed by atoms with E-state index in [1.54, 1.807) is 7.11 Å². The lowest BCUT2D eigenvalue weighted by molar-refractivity contribution is 0.412. The molecule has 0 spiro atoms. The molecule has 0 aliphatic heterocycles. The zero-order valence-electron chi connectivity index (χ0n) is 10.9. The molecule has 2 heteroatoms. The topological polar surface area (TPSA) is 21.3 Å². The van der Waals surface area contributed by atoms with Crippen molar-refractivity contribution in [3.63, 3.8) is 0 Å². The highest BCUT2D eigenvalue weighted by Gasteiger charge is 1.99. The van der Waals surface area contributed by atoms with Crippen molar-refractivity contribution in [2.45, 2.75) is 13.3 Å². The van der Waals surface area contributed by atoms with Gasteiger partial charge in [0.25, 0.3) is 0 Å². The lowest BCUT2D eigenvalue weighted by Gasteiger charge is -2.09. The van der Waals surface area contributed by atoms with Crippen molar-refractivity contribution in [2.24, 2.45) is 0 Å². The van der Waals surface area contributed by atoms with Crippen LogP contribution < -0.4 is 10.1 Å². The molecule has 0 aliphatic rings. The molecule has 0 saturated carbocycles. The monoisotopic (exact) mass is 241 g/mol. The van der Waals surface area contributed by atoms with Crippen molar-refractivity contribution in [1.82, 2.24) is 0 Å². The number of hydrogen-bond donors (Lipinski definition) is 1. The summed E-state index contributed by atoms with van der Waals surface area (Å²) in [5.41, 5.74) is 3.65. The molecule has 18 heavy (non-hydrogen) atoms. The Morgan fingerprint density at radius 3 is 2.50 bits per heavy atom. The van der Waals surface area contributed by atoms with E-state index in [2.05, 4.69) is 48.6 Å². The van der Waals surface area contributed by atoms with Crippen molar-refractivity contribution in [3.05, 3.63) is 59.7 Å². The lowest BCUT2D eigenvalue weighted by atomic mass is 10.1. The molecule has 2 rings (SSSR count). The predicted octanol–water partition coefficient (Wildman–Crippen LogP) is 3.66. The maximum atomic E-state index is 5.25. The molecule has 0 aliphatic carbocycles. The Labute approximate surface area is 109 Å². The average Bonchev–Trinajstić information content (AvgIpc) is 2.40. The fourth-order valence-corrected chi connectivity index (χ4v) is 1.98. The van der Waals surface area contributed by atoms with Gasteiger partial charge in [-0.2, -0.15) is 0 Å². The molecule has 0 unspecified atom stereocenters. The van der Waals surface area contributed by atoms with Crippen LogP contribution >= 0.6 is 0 Å². The second-order valence-electron chi connectivity index (χ2n) is 4.35. The van der Waals surface area contributed by atoms with Crippen LogP contribution in [-0.4, -0.2) is 13.7 Å². The van der Waals surface area contributed by atoms with E-state index in [-0.39, 0.29) is 0 Å². The molecule has 0 amide bonds. The van der Waals surface area contributed by atoms with E-state index in [1.165, 1.54) is 5.56 Å². The Bertz CT molecular complexity index is 494. The number of ether oxygens (including phenoxy) is 1. The van der Waals surface area contributed by atoms with Crippen molar-refractivity contribution < 1.29 is 4.74 Å². The van der Waals surface area contributed by atoms with Crippen LogP contribution in [0.5, 0.6) is 5.75 Å². The molecule has 2 nitrogen and oxygen atoms in total. The molecule has 0 radical (unpaired) electrons. The Morgan fingerprint density at radius 2 is 1.83 bits per heavy atom. The fourth-order valence-electron chi connectivity index (χ4n) is 1.98. The zero-order valence-corrected chi connectivity index (χ0v) is 10.9. The smallest absolute Gasteiger partial charge is 0.121 e. The molecule has 2 aromatic carbocycles. The van der Waals surface area contributed by atoms with Crippen LogP contribution in [0.15, 0.2) is 48.5 Å². The summed E-state index contributed by atoms with van der Waals surface area (Å²) in [5.74, 6) is 0.934. The van der Waals surface area contributed by atoms with Gasteiger partial charge in [-0.25, -0.2) is 0 Å². The zero-order chi connectivity index (χ0) is 12.8. The maximum absolute atomic E-state index is 5.25. The SMILES string of the molecule is COc1ccc(NCCc2ccccc2)cc1C. The number of nitrogens with one attached hydrogen (secondary N) is 1. The van der Waals surface area contributed by atoms with Gasteiger partial charge in [0.05, 0.1) is 7.11 Å². The molecule has 0 bridgehead atoms. The van der Waals surface area contributed by atoms with Gasteiger partial charge in [-0.05, 0) is 42.7 Å². The Balaban J connectivity index is 1.89. The van der Waals surface area contributed by atoms with E-state index in [0.717, 1.165) is 30.0 Å². The van der Waals surface area contributed by atoms with Gasteiger partial charge in [-0.3, -0.25) is 0 Å². The maximum Gasteiger partial charge on any atom is 0.121 e. The van der Waals surface area contributed by atoms with E-state index >= 15 is 0 Å². The highest BCUT2D eigenvalue weighted by molar-refractivity contribution is 5.50. The summed E-state index contributed by atoms with van der Waals surface area (Å²) in [5, 5.41) is 3.43. The third kappa shape index (κ3) is 3.27. The first kappa shape index (κ1) is 12.5. The molecular weight excluding hydrogens is 222 g/mol. The molecule has 1 N–H and O–H groups in total. The van der Waals surface area contributed by atoms with Gasteiger partial charge in [-0.15, -0.1) is 0 Å². The molecule has 0 aromatic heterocycles. The summed E-state index contributed by atoms with van der Waals surface area (Å²) in [6.45, 7) is 3.00. The highest BCUT2D eigenvalue weighted by atomic mass is 16.5. The summed E-state index contributed by atoms with van der Waals surface area (Å²) in [6, 6.07) is 16.7. The predicted molar refractivity (Wildman–Crippen MR) is 76.4 cm³/mol. The normalized spacial score (nSPS) is 10.1. The van der Waals surface area contributed by atoms with E-state index in [0.29, 0.717) is 0 Å². The van der Waals surface area contributed by atoms with Crippen molar-refractivity contribution in [3.8, 4) is 5.75 Å². The van der Waals surface area contributed by atoms with Crippen LogP contribution in [0.2, 0.25) is 0 Å². The summed E-state index contributed by atoms with van der Waals surface area (Å²) in [4.78, 5) is 0. The number of methoxy groups -OCH3 is 1. The molecule has 0 heterocycles. The average molecular weight is 241 g/mol. The Kier molecular flexibility index (Phi) is 4.24. The second-order valence-corrected chi connectivity index (χ2v) is 4.35. The number of anilines is 1. The van der Waals surface area contributed by atoms with Crippen LogP contribution in [0.25, 0.3) is 0 Å². The third-order valence-electron chi connectivity index (χ3n) is 2.98. The van der Waals surface area contributed by atoms with Gasteiger partial charge in [-0.1, -0.05) is 30.3 Å². The van der Waals surface area contributed by atoms with E-state index in [4.69, 9.17) is 4.74 Å². The minimum atomic E-state index is 0.934. The van der Waals surface area contributed by atoms with Crippen LogP contribution in [0.1, 0.15) is 11.1 Å². The fraction of sp³-hybridized carbons (Fsp3) is 0.250. The molecule has 0 atom stereocenters. The largest absolute Gasteiger partial charge is 0.496 e. The third-order valence-corrected chi connectivity index (χ3v) is 2.98. The molecule has 2 aromatic rings. The van der Waals surface area contributed by atoms with Gasteiger partial charge in [0.2, 0.25) is 0 Å². The van der Waals surface area contributed by atoms with Crippen LogP contribution in [0, 0.1) is 6.92 Å².